The predicted octanol–water partition coefficient (Wildman–Crippen LogP) is 2.57. The maximum atomic E-state index is 12.1. The van der Waals surface area contributed by atoms with E-state index in [9.17, 15) is 14.7 Å². The average Bonchev–Trinajstić information content (AvgIpc) is 2.36. The van der Waals surface area contributed by atoms with Crippen LogP contribution in [0.2, 0.25) is 0 Å². The summed E-state index contributed by atoms with van der Waals surface area (Å²) in [6.07, 6.45) is 5.84. The van der Waals surface area contributed by atoms with Crippen molar-refractivity contribution >= 4 is 11.9 Å². The van der Waals surface area contributed by atoms with Crippen molar-refractivity contribution in [2.75, 3.05) is 0 Å². The molecule has 0 aromatic heterocycles. The summed E-state index contributed by atoms with van der Waals surface area (Å²) >= 11 is 0. The Kier molecular flexibility index (Phi) is 5.17. The summed E-state index contributed by atoms with van der Waals surface area (Å²) < 4.78 is 0. The van der Waals surface area contributed by atoms with E-state index in [2.05, 4.69) is 5.32 Å². The summed E-state index contributed by atoms with van der Waals surface area (Å²) in [6.45, 7) is 5.64. The minimum Gasteiger partial charge on any atom is -0.480 e. The molecule has 0 radical (unpaired) electrons. The maximum absolute atomic E-state index is 12.1. The Morgan fingerprint density at radius 2 is 1.83 bits per heavy atom. The first-order valence-electron chi connectivity index (χ1n) is 6.92. The molecule has 18 heavy (non-hydrogen) atoms. The Labute approximate surface area is 109 Å². The van der Waals surface area contributed by atoms with Gasteiger partial charge < -0.3 is 10.4 Å². The third-order valence-corrected chi connectivity index (χ3v) is 4.17. The number of amides is 1. The first-order valence-corrected chi connectivity index (χ1v) is 6.92. The van der Waals surface area contributed by atoms with Gasteiger partial charge in [-0.1, -0.05) is 40.0 Å². The van der Waals surface area contributed by atoms with Crippen LogP contribution in [0.5, 0.6) is 0 Å². The molecule has 0 aromatic rings. The van der Waals surface area contributed by atoms with Crippen molar-refractivity contribution in [1.82, 2.24) is 5.32 Å². The SMILES string of the molecule is CCC(C)(C)C(=O)NC(C(=O)O)C1CCCCC1. The van der Waals surface area contributed by atoms with Crippen LogP contribution in [0, 0.1) is 11.3 Å². The van der Waals surface area contributed by atoms with Crippen molar-refractivity contribution in [1.29, 1.82) is 0 Å². The summed E-state index contributed by atoms with van der Waals surface area (Å²) in [5, 5.41) is 12.0. The van der Waals surface area contributed by atoms with Crippen LogP contribution < -0.4 is 5.32 Å². The number of carbonyl (C=O) groups is 2. The molecule has 1 aliphatic rings. The van der Waals surface area contributed by atoms with Crippen molar-refractivity contribution in [3.05, 3.63) is 0 Å². The lowest BCUT2D eigenvalue weighted by Gasteiger charge is -2.31. The Balaban J connectivity index is 2.68. The van der Waals surface area contributed by atoms with Gasteiger partial charge in [-0.3, -0.25) is 4.79 Å². The Bertz CT molecular complexity index is 306. The Morgan fingerprint density at radius 1 is 1.28 bits per heavy atom. The van der Waals surface area contributed by atoms with E-state index in [-0.39, 0.29) is 11.8 Å². The zero-order valence-electron chi connectivity index (χ0n) is 11.7. The molecular weight excluding hydrogens is 230 g/mol. The van der Waals surface area contributed by atoms with Crippen molar-refractivity contribution in [2.45, 2.75) is 65.3 Å². The molecule has 1 fully saturated rings. The highest BCUT2D eigenvalue weighted by Crippen LogP contribution is 2.28. The first kappa shape index (κ1) is 15.0. The van der Waals surface area contributed by atoms with Crippen LogP contribution in [0.3, 0.4) is 0 Å². The zero-order valence-corrected chi connectivity index (χ0v) is 11.7. The number of nitrogens with one attached hydrogen (secondary N) is 1. The van der Waals surface area contributed by atoms with Gasteiger partial charge in [-0.05, 0) is 25.2 Å². The van der Waals surface area contributed by atoms with Gasteiger partial charge in [-0.25, -0.2) is 4.79 Å². The van der Waals surface area contributed by atoms with Crippen LogP contribution in [-0.2, 0) is 9.59 Å². The fraction of sp³-hybridized carbons (Fsp3) is 0.857. The fourth-order valence-corrected chi connectivity index (χ4v) is 2.35. The summed E-state index contributed by atoms with van der Waals surface area (Å²) in [5.41, 5.74) is -0.498. The molecule has 1 rings (SSSR count). The number of aliphatic carboxylic acids is 1. The van der Waals surface area contributed by atoms with E-state index in [1.807, 2.05) is 20.8 Å². The number of carbonyl (C=O) groups excluding carboxylic acids is 1. The van der Waals surface area contributed by atoms with Gasteiger partial charge in [0.15, 0.2) is 0 Å². The lowest BCUT2D eigenvalue weighted by atomic mass is 9.82. The van der Waals surface area contributed by atoms with E-state index < -0.39 is 17.4 Å². The molecular formula is C14H25NO3. The van der Waals surface area contributed by atoms with E-state index in [1.54, 1.807) is 0 Å². The van der Waals surface area contributed by atoms with Crippen molar-refractivity contribution < 1.29 is 14.7 Å². The van der Waals surface area contributed by atoms with Crippen LogP contribution in [0.1, 0.15) is 59.3 Å². The molecule has 2 N–H and O–H groups in total. The minimum absolute atomic E-state index is 0.0906. The van der Waals surface area contributed by atoms with Crippen LogP contribution in [-0.4, -0.2) is 23.0 Å². The molecule has 1 amide bonds. The van der Waals surface area contributed by atoms with Crippen LogP contribution >= 0.6 is 0 Å². The van der Waals surface area contributed by atoms with Crippen molar-refractivity contribution in [3.8, 4) is 0 Å². The van der Waals surface area contributed by atoms with E-state index in [0.29, 0.717) is 6.42 Å². The monoisotopic (exact) mass is 255 g/mol. The third kappa shape index (κ3) is 3.72. The molecule has 0 saturated heterocycles. The second-order valence-electron chi connectivity index (χ2n) is 5.92. The van der Waals surface area contributed by atoms with Crippen LogP contribution in [0.15, 0.2) is 0 Å². The number of rotatable bonds is 5. The quantitative estimate of drug-likeness (QED) is 0.793. The van der Waals surface area contributed by atoms with Gasteiger partial charge >= 0.3 is 5.97 Å². The van der Waals surface area contributed by atoms with Gasteiger partial charge in [0.1, 0.15) is 6.04 Å². The molecule has 1 unspecified atom stereocenters. The molecule has 4 heteroatoms. The standard InChI is InChI=1S/C14H25NO3/c1-4-14(2,3)13(18)15-11(12(16)17)10-8-6-5-7-9-10/h10-11H,4-9H2,1-3H3,(H,15,18)(H,16,17). The Morgan fingerprint density at radius 3 is 2.28 bits per heavy atom. The maximum Gasteiger partial charge on any atom is 0.326 e. The first-order chi connectivity index (χ1) is 8.38. The van der Waals surface area contributed by atoms with E-state index in [4.69, 9.17) is 0 Å². The van der Waals surface area contributed by atoms with Crippen molar-refractivity contribution in [3.63, 3.8) is 0 Å². The summed E-state index contributed by atoms with van der Waals surface area (Å²) in [4.78, 5) is 23.4. The van der Waals surface area contributed by atoms with Crippen LogP contribution in [0.4, 0.5) is 0 Å². The second kappa shape index (κ2) is 6.21. The predicted molar refractivity (Wildman–Crippen MR) is 70.2 cm³/mol. The molecule has 0 bridgehead atoms. The molecule has 4 nitrogen and oxygen atoms in total. The molecule has 1 saturated carbocycles. The Hall–Kier alpha value is -1.06. The zero-order chi connectivity index (χ0) is 13.8. The normalized spacial score (nSPS) is 19.3. The lowest BCUT2D eigenvalue weighted by molar-refractivity contribution is -0.145. The fourth-order valence-electron chi connectivity index (χ4n) is 2.35. The summed E-state index contributed by atoms with van der Waals surface area (Å²) in [6, 6.07) is -0.719. The molecule has 1 atom stereocenters. The highest BCUT2D eigenvalue weighted by molar-refractivity contribution is 5.87. The highest BCUT2D eigenvalue weighted by atomic mass is 16.4. The summed E-state index contributed by atoms with van der Waals surface area (Å²) in [5.74, 6) is -0.960. The second-order valence-corrected chi connectivity index (χ2v) is 5.92. The topological polar surface area (TPSA) is 66.4 Å². The molecule has 0 spiro atoms. The average molecular weight is 255 g/mol. The van der Waals surface area contributed by atoms with Crippen molar-refractivity contribution in [2.24, 2.45) is 11.3 Å². The van der Waals surface area contributed by atoms with E-state index in [0.717, 1.165) is 25.7 Å². The number of hydrogen-bond acceptors (Lipinski definition) is 2. The van der Waals surface area contributed by atoms with Gasteiger partial charge in [0, 0.05) is 5.41 Å². The molecule has 104 valence electrons. The van der Waals surface area contributed by atoms with Gasteiger partial charge in [-0.15, -0.1) is 0 Å². The minimum atomic E-state index is -0.901. The largest absolute Gasteiger partial charge is 0.480 e. The molecule has 0 aromatic carbocycles. The van der Waals surface area contributed by atoms with Gasteiger partial charge in [0.2, 0.25) is 5.91 Å². The number of carboxylic acids is 1. The van der Waals surface area contributed by atoms with Gasteiger partial charge in [0.25, 0.3) is 0 Å². The van der Waals surface area contributed by atoms with E-state index >= 15 is 0 Å². The van der Waals surface area contributed by atoms with Gasteiger partial charge in [0.05, 0.1) is 0 Å². The molecule has 1 aliphatic carbocycles. The van der Waals surface area contributed by atoms with Crippen LogP contribution in [0.25, 0.3) is 0 Å². The lowest BCUT2D eigenvalue weighted by Crippen LogP contribution is -2.50. The third-order valence-electron chi connectivity index (χ3n) is 4.17. The van der Waals surface area contributed by atoms with Gasteiger partial charge in [-0.2, -0.15) is 0 Å². The highest BCUT2D eigenvalue weighted by Gasteiger charge is 2.34. The summed E-state index contributed by atoms with van der Waals surface area (Å²) in [7, 11) is 0. The molecule has 0 aliphatic heterocycles. The number of carboxylic acid groups (broad SMARTS) is 1. The number of hydrogen-bond donors (Lipinski definition) is 2. The smallest absolute Gasteiger partial charge is 0.326 e. The molecule has 0 heterocycles. The van der Waals surface area contributed by atoms with E-state index in [1.165, 1.54) is 6.42 Å².